The van der Waals surface area contributed by atoms with Gasteiger partial charge in [-0.25, -0.2) is 13.2 Å². The monoisotopic (exact) mass is 467 g/mol. The number of carbonyl (C=O) groups excluding carboxylic acids is 2. The molecule has 10 heteroatoms. The second-order valence-corrected chi connectivity index (χ2v) is 10.0. The number of ether oxygens (including phenoxy) is 1. The van der Waals surface area contributed by atoms with Gasteiger partial charge in [0, 0.05) is 22.5 Å². The van der Waals surface area contributed by atoms with E-state index in [4.69, 9.17) is 4.74 Å². The van der Waals surface area contributed by atoms with Gasteiger partial charge in [-0.05, 0) is 36.4 Å². The summed E-state index contributed by atoms with van der Waals surface area (Å²) in [6.45, 7) is -0.243. The van der Waals surface area contributed by atoms with E-state index in [1.807, 2.05) is 48.5 Å². The van der Waals surface area contributed by atoms with Crippen molar-refractivity contribution in [1.29, 1.82) is 0 Å². The third-order valence-corrected chi connectivity index (χ3v) is 7.36. The van der Waals surface area contributed by atoms with Crippen molar-refractivity contribution in [3.8, 4) is 0 Å². The summed E-state index contributed by atoms with van der Waals surface area (Å²) in [7, 11) is -3.48. The van der Waals surface area contributed by atoms with Crippen LogP contribution in [-0.4, -0.2) is 49.9 Å². The molecule has 0 N–H and O–H groups in total. The fourth-order valence-corrected chi connectivity index (χ4v) is 5.60. The molecule has 0 spiro atoms. The molecule has 2 aromatic carbocycles. The Morgan fingerprint density at radius 2 is 1.66 bits per heavy atom. The topological polar surface area (TPSA) is 96.4 Å². The Morgan fingerprint density at radius 3 is 2.34 bits per heavy atom. The van der Waals surface area contributed by atoms with Crippen molar-refractivity contribution in [1.82, 2.24) is 4.90 Å². The predicted molar refractivity (Wildman–Crippen MR) is 120 cm³/mol. The van der Waals surface area contributed by atoms with Gasteiger partial charge in [-0.15, -0.1) is 4.40 Å². The van der Waals surface area contributed by atoms with Gasteiger partial charge in [0.2, 0.25) is 0 Å². The number of rotatable bonds is 3. The van der Waals surface area contributed by atoms with E-state index in [9.17, 15) is 18.0 Å². The first-order valence-electron chi connectivity index (χ1n) is 9.76. The highest BCUT2D eigenvalue weighted by Crippen LogP contribution is 2.47. The summed E-state index contributed by atoms with van der Waals surface area (Å²) in [5.74, 6) is -0.920. The Hall–Kier alpha value is -3.37. The van der Waals surface area contributed by atoms with Crippen LogP contribution in [-0.2, 0) is 24.3 Å². The predicted octanol–water partition coefficient (Wildman–Crippen LogP) is 2.86. The normalized spacial score (nSPS) is 18.0. The van der Waals surface area contributed by atoms with Crippen molar-refractivity contribution >= 4 is 50.9 Å². The highest BCUT2D eigenvalue weighted by Gasteiger charge is 2.29. The van der Waals surface area contributed by atoms with E-state index in [1.54, 1.807) is 21.6 Å². The number of sulfonamides is 1. The molecule has 0 unspecified atom stereocenters. The van der Waals surface area contributed by atoms with Crippen LogP contribution in [0.5, 0.6) is 0 Å². The molecule has 0 aromatic heterocycles. The van der Waals surface area contributed by atoms with Gasteiger partial charge in [0.15, 0.2) is 6.61 Å². The molecule has 0 fully saturated rings. The summed E-state index contributed by atoms with van der Waals surface area (Å²) in [5.41, 5.74) is 1.69. The lowest BCUT2D eigenvalue weighted by Crippen LogP contribution is -2.37. The molecule has 0 aliphatic carbocycles. The molecular weight excluding hydrogens is 450 g/mol. The van der Waals surface area contributed by atoms with Gasteiger partial charge in [-0.3, -0.25) is 9.69 Å². The highest BCUT2D eigenvalue weighted by molar-refractivity contribution is 7.99. The van der Waals surface area contributed by atoms with E-state index in [-0.39, 0.29) is 29.6 Å². The van der Waals surface area contributed by atoms with Gasteiger partial charge >= 0.3 is 5.97 Å². The molecule has 1 amide bonds. The molecule has 0 bridgehead atoms. The third kappa shape index (κ3) is 3.82. The van der Waals surface area contributed by atoms with Crippen molar-refractivity contribution in [2.75, 3.05) is 23.8 Å². The largest absolute Gasteiger partial charge is 0.452 e. The Bertz CT molecular complexity index is 1290. The second kappa shape index (κ2) is 7.95. The number of benzene rings is 2. The Morgan fingerprint density at radius 1 is 1.00 bits per heavy atom. The SMILES string of the molecule is O=C(OCC(=O)N1c2ccccc2Sc2ccccc21)C1=CN2CCS(=O)(=O)N=C2C=C1. The maximum Gasteiger partial charge on any atom is 0.340 e. The number of carbonyl (C=O) groups is 2. The summed E-state index contributed by atoms with van der Waals surface area (Å²) >= 11 is 1.58. The van der Waals surface area contributed by atoms with Crippen molar-refractivity contribution in [2.45, 2.75) is 9.79 Å². The van der Waals surface area contributed by atoms with Crippen LogP contribution >= 0.6 is 11.8 Å². The molecule has 32 heavy (non-hydrogen) atoms. The molecule has 0 atom stereocenters. The average molecular weight is 468 g/mol. The van der Waals surface area contributed by atoms with Crippen LogP contribution in [0.4, 0.5) is 11.4 Å². The molecule has 0 radical (unpaired) electrons. The summed E-state index contributed by atoms with van der Waals surface area (Å²) in [4.78, 5) is 30.7. The lowest BCUT2D eigenvalue weighted by Gasteiger charge is -2.31. The third-order valence-electron chi connectivity index (χ3n) is 5.07. The maximum atomic E-state index is 13.1. The van der Waals surface area contributed by atoms with Crippen LogP contribution in [0.25, 0.3) is 0 Å². The first-order valence-corrected chi connectivity index (χ1v) is 12.2. The summed E-state index contributed by atoms with van der Waals surface area (Å²) in [6, 6.07) is 15.1. The van der Waals surface area contributed by atoms with E-state index in [0.717, 1.165) is 21.2 Å². The summed E-state index contributed by atoms with van der Waals surface area (Å²) < 4.78 is 32.2. The molecule has 3 heterocycles. The number of amides is 1. The lowest BCUT2D eigenvalue weighted by atomic mass is 10.2. The molecule has 3 aliphatic rings. The van der Waals surface area contributed by atoms with Crippen LogP contribution in [0.2, 0.25) is 0 Å². The molecular formula is C22H17N3O5S2. The van der Waals surface area contributed by atoms with Crippen LogP contribution in [0, 0.1) is 0 Å². The number of hydrogen-bond acceptors (Lipinski definition) is 7. The number of esters is 1. The zero-order valence-corrected chi connectivity index (χ0v) is 18.3. The van der Waals surface area contributed by atoms with Crippen molar-refractivity contribution in [2.24, 2.45) is 4.40 Å². The number of para-hydroxylation sites is 2. The molecule has 5 rings (SSSR count). The van der Waals surface area contributed by atoms with Crippen LogP contribution in [0.15, 0.2) is 86.6 Å². The van der Waals surface area contributed by atoms with Gasteiger partial charge in [-0.2, -0.15) is 0 Å². The van der Waals surface area contributed by atoms with Crippen LogP contribution in [0.3, 0.4) is 0 Å². The van der Waals surface area contributed by atoms with Crippen molar-refractivity contribution < 1.29 is 22.7 Å². The molecule has 162 valence electrons. The van der Waals surface area contributed by atoms with Gasteiger partial charge < -0.3 is 9.64 Å². The number of hydrogen-bond donors (Lipinski definition) is 0. The van der Waals surface area contributed by atoms with Crippen LogP contribution in [0.1, 0.15) is 0 Å². The minimum Gasteiger partial charge on any atom is -0.452 e. The Balaban J connectivity index is 1.33. The minimum atomic E-state index is -3.48. The van der Waals surface area contributed by atoms with Gasteiger partial charge in [0.05, 0.1) is 22.7 Å². The fraction of sp³-hybridized carbons (Fsp3) is 0.136. The van der Waals surface area contributed by atoms with Crippen LogP contribution < -0.4 is 4.90 Å². The molecule has 0 saturated heterocycles. The smallest absolute Gasteiger partial charge is 0.340 e. The molecule has 2 aromatic rings. The van der Waals surface area contributed by atoms with Crippen molar-refractivity contribution in [3.05, 3.63) is 72.5 Å². The zero-order chi connectivity index (χ0) is 22.3. The highest BCUT2D eigenvalue weighted by atomic mass is 32.2. The first kappa shape index (κ1) is 20.5. The van der Waals surface area contributed by atoms with E-state index in [0.29, 0.717) is 0 Å². The molecule has 8 nitrogen and oxygen atoms in total. The van der Waals surface area contributed by atoms with E-state index >= 15 is 0 Å². The zero-order valence-electron chi connectivity index (χ0n) is 16.7. The Kier molecular flexibility index (Phi) is 5.10. The number of fused-ring (bicyclic) bond motifs is 3. The van der Waals surface area contributed by atoms with Gasteiger partial charge in [0.1, 0.15) is 5.84 Å². The van der Waals surface area contributed by atoms with Gasteiger partial charge in [0.25, 0.3) is 15.9 Å². The summed E-state index contributed by atoms with van der Waals surface area (Å²) in [5, 5.41) is 0. The quantitative estimate of drug-likeness (QED) is 0.641. The van der Waals surface area contributed by atoms with E-state index < -0.39 is 22.6 Å². The minimum absolute atomic E-state index is 0.132. The number of anilines is 2. The molecule has 0 saturated carbocycles. The lowest BCUT2D eigenvalue weighted by molar-refractivity contribution is -0.143. The second-order valence-electron chi connectivity index (χ2n) is 7.19. The van der Waals surface area contributed by atoms with E-state index in [2.05, 4.69) is 4.40 Å². The average Bonchev–Trinajstić information content (AvgIpc) is 2.79. The standard InChI is InChI=1S/C22H17N3O5S2/c26-21(25-16-5-1-3-7-18(16)31-19-8-4-2-6-17(19)25)14-30-22(27)15-9-10-20-23-32(28,29)12-11-24(20)13-15/h1-10,13H,11-12,14H2. The summed E-state index contributed by atoms with van der Waals surface area (Å²) in [6.07, 6.45) is 4.37. The fourth-order valence-electron chi connectivity index (χ4n) is 3.57. The first-order chi connectivity index (χ1) is 15.4. The number of nitrogens with zero attached hydrogens (tertiary/aromatic N) is 3. The van der Waals surface area contributed by atoms with Crippen molar-refractivity contribution in [3.63, 3.8) is 0 Å². The maximum absolute atomic E-state index is 13.1. The molecule has 3 aliphatic heterocycles. The van der Waals surface area contributed by atoms with Gasteiger partial charge in [-0.1, -0.05) is 36.0 Å². The number of amidine groups is 1. The van der Waals surface area contributed by atoms with E-state index in [1.165, 1.54) is 18.4 Å². The Labute approximate surface area is 188 Å².